The van der Waals surface area contributed by atoms with E-state index in [-0.39, 0.29) is 0 Å². The molecule has 3 aromatic rings. The summed E-state index contributed by atoms with van der Waals surface area (Å²) in [6.45, 7) is 0. The van der Waals surface area contributed by atoms with Gasteiger partial charge in [0.05, 0.1) is 5.56 Å². The molecule has 0 spiro atoms. The van der Waals surface area contributed by atoms with Crippen LogP contribution in [0.4, 0.5) is 0 Å². The Morgan fingerprint density at radius 2 is 1.47 bits per heavy atom. The minimum Gasteiger partial charge on any atom is -0.363 e. The maximum absolute atomic E-state index is 5.04. The first-order valence-corrected chi connectivity index (χ1v) is 6.00. The third kappa shape index (κ3) is 2.56. The van der Waals surface area contributed by atoms with Gasteiger partial charge in [-0.2, -0.15) is 0 Å². The van der Waals surface area contributed by atoms with Crippen LogP contribution in [-0.2, 0) is 0 Å². The van der Waals surface area contributed by atoms with Gasteiger partial charge in [-0.15, -0.1) is 0 Å². The first-order valence-electron chi connectivity index (χ1n) is 6.00. The van der Waals surface area contributed by atoms with Crippen molar-refractivity contribution in [3.63, 3.8) is 0 Å². The number of benzene rings is 2. The van der Waals surface area contributed by atoms with Crippen molar-refractivity contribution in [3.05, 3.63) is 78.1 Å². The molecular weight excluding hydrogens is 234 g/mol. The van der Waals surface area contributed by atoms with Crippen LogP contribution in [0.15, 0.2) is 71.4 Å². The quantitative estimate of drug-likeness (QED) is 0.610. The fraction of sp³-hybridized carbons (Fsp3) is 0. The highest BCUT2D eigenvalue weighted by atomic mass is 16.5. The molecule has 0 radical (unpaired) electrons. The zero-order valence-corrected chi connectivity index (χ0v) is 10.2. The van der Waals surface area contributed by atoms with Gasteiger partial charge in [0.25, 0.3) is 0 Å². The lowest BCUT2D eigenvalue weighted by atomic mass is 10.1. The van der Waals surface area contributed by atoms with Gasteiger partial charge >= 0.3 is 0 Å². The standard InChI is InChI=1S/C17H11NO/c1-3-7-14(8-4-1)11-12-16-13-19-18-17(16)15-9-5-2-6-10-15/h1-10,13H. The summed E-state index contributed by atoms with van der Waals surface area (Å²) in [6.07, 6.45) is 1.58. The summed E-state index contributed by atoms with van der Waals surface area (Å²) in [4.78, 5) is 0. The molecular formula is C17H11NO. The lowest BCUT2D eigenvalue weighted by Gasteiger charge is -1.94. The SMILES string of the molecule is C(#Cc1conc1-c1ccccc1)c1ccccc1. The molecule has 0 aliphatic heterocycles. The normalized spacial score (nSPS) is 9.68. The third-order valence-electron chi connectivity index (χ3n) is 2.73. The van der Waals surface area contributed by atoms with Crippen molar-refractivity contribution in [3.8, 4) is 23.1 Å². The maximum atomic E-state index is 5.04. The van der Waals surface area contributed by atoms with Crippen molar-refractivity contribution >= 4 is 0 Å². The van der Waals surface area contributed by atoms with E-state index in [0.29, 0.717) is 0 Å². The lowest BCUT2D eigenvalue weighted by molar-refractivity contribution is 0.422. The molecule has 0 bridgehead atoms. The maximum Gasteiger partial charge on any atom is 0.140 e. The van der Waals surface area contributed by atoms with E-state index in [2.05, 4.69) is 17.0 Å². The molecule has 90 valence electrons. The van der Waals surface area contributed by atoms with Gasteiger partial charge in [0.15, 0.2) is 0 Å². The van der Waals surface area contributed by atoms with Gasteiger partial charge in [-0.1, -0.05) is 65.5 Å². The van der Waals surface area contributed by atoms with E-state index in [1.807, 2.05) is 60.7 Å². The fourth-order valence-electron chi connectivity index (χ4n) is 1.79. The van der Waals surface area contributed by atoms with E-state index in [9.17, 15) is 0 Å². The van der Waals surface area contributed by atoms with E-state index < -0.39 is 0 Å². The summed E-state index contributed by atoms with van der Waals surface area (Å²) in [5.41, 5.74) is 3.57. The van der Waals surface area contributed by atoms with Crippen molar-refractivity contribution < 1.29 is 4.52 Å². The number of aromatic nitrogens is 1. The second-order valence-corrected chi connectivity index (χ2v) is 4.06. The summed E-state index contributed by atoms with van der Waals surface area (Å²) in [5, 5.41) is 4.02. The smallest absolute Gasteiger partial charge is 0.140 e. The monoisotopic (exact) mass is 245 g/mol. The Labute approximate surface area is 111 Å². The van der Waals surface area contributed by atoms with Crippen LogP contribution in [-0.4, -0.2) is 5.16 Å². The topological polar surface area (TPSA) is 26.0 Å². The zero-order chi connectivity index (χ0) is 12.9. The molecule has 0 aliphatic rings. The molecule has 0 fully saturated rings. The summed E-state index contributed by atoms with van der Waals surface area (Å²) in [7, 11) is 0. The largest absolute Gasteiger partial charge is 0.363 e. The molecule has 0 amide bonds. The van der Waals surface area contributed by atoms with Crippen LogP contribution >= 0.6 is 0 Å². The van der Waals surface area contributed by atoms with Gasteiger partial charge in [0.2, 0.25) is 0 Å². The highest BCUT2D eigenvalue weighted by Gasteiger charge is 2.07. The molecule has 1 heterocycles. The molecule has 3 rings (SSSR count). The Kier molecular flexibility index (Phi) is 3.12. The van der Waals surface area contributed by atoms with Gasteiger partial charge in [-0.25, -0.2) is 0 Å². The molecule has 0 aliphatic carbocycles. The van der Waals surface area contributed by atoms with Crippen molar-refractivity contribution in [2.45, 2.75) is 0 Å². The molecule has 19 heavy (non-hydrogen) atoms. The summed E-state index contributed by atoms with van der Waals surface area (Å²) in [6, 6.07) is 19.8. The van der Waals surface area contributed by atoms with Crippen LogP contribution in [0.3, 0.4) is 0 Å². The predicted molar refractivity (Wildman–Crippen MR) is 74.4 cm³/mol. The molecule has 2 heteroatoms. The molecule has 2 aromatic carbocycles. The number of nitrogens with zero attached hydrogens (tertiary/aromatic N) is 1. The molecule has 0 N–H and O–H groups in total. The molecule has 2 nitrogen and oxygen atoms in total. The fourth-order valence-corrected chi connectivity index (χ4v) is 1.79. The van der Waals surface area contributed by atoms with Crippen LogP contribution in [0.1, 0.15) is 11.1 Å². The first-order chi connectivity index (χ1) is 9.43. The Morgan fingerprint density at radius 3 is 2.21 bits per heavy atom. The van der Waals surface area contributed by atoms with Crippen molar-refractivity contribution in [1.82, 2.24) is 5.16 Å². The van der Waals surface area contributed by atoms with Gasteiger partial charge in [-0.05, 0) is 12.1 Å². The third-order valence-corrected chi connectivity index (χ3v) is 2.73. The number of hydrogen-bond donors (Lipinski definition) is 0. The lowest BCUT2D eigenvalue weighted by Crippen LogP contribution is -1.81. The van der Waals surface area contributed by atoms with E-state index in [4.69, 9.17) is 4.52 Å². The van der Waals surface area contributed by atoms with Crippen LogP contribution in [0.25, 0.3) is 11.3 Å². The van der Waals surface area contributed by atoms with Gasteiger partial charge < -0.3 is 4.52 Å². The summed E-state index contributed by atoms with van der Waals surface area (Å²) in [5.74, 6) is 6.21. The molecule has 0 unspecified atom stereocenters. The van der Waals surface area contributed by atoms with Gasteiger partial charge in [0.1, 0.15) is 12.0 Å². The Balaban J connectivity index is 1.96. The minimum absolute atomic E-state index is 0.782. The van der Waals surface area contributed by atoms with Gasteiger partial charge in [-0.3, -0.25) is 0 Å². The molecule has 0 atom stereocenters. The van der Waals surface area contributed by atoms with Crippen LogP contribution in [0.2, 0.25) is 0 Å². The van der Waals surface area contributed by atoms with Crippen LogP contribution in [0, 0.1) is 11.8 Å². The van der Waals surface area contributed by atoms with E-state index in [1.54, 1.807) is 6.26 Å². The van der Waals surface area contributed by atoms with Crippen LogP contribution in [0.5, 0.6) is 0 Å². The Morgan fingerprint density at radius 1 is 0.789 bits per heavy atom. The first kappa shape index (κ1) is 11.3. The minimum atomic E-state index is 0.782. The molecule has 1 aromatic heterocycles. The number of rotatable bonds is 1. The van der Waals surface area contributed by atoms with E-state index in [1.165, 1.54) is 0 Å². The number of hydrogen-bond acceptors (Lipinski definition) is 2. The van der Waals surface area contributed by atoms with Crippen molar-refractivity contribution in [1.29, 1.82) is 0 Å². The van der Waals surface area contributed by atoms with Crippen molar-refractivity contribution in [2.24, 2.45) is 0 Å². The highest BCUT2D eigenvalue weighted by Crippen LogP contribution is 2.20. The zero-order valence-electron chi connectivity index (χ0n) is 10.2. The summed E-state index contributed by atoms with van der Waals surface area (Å²) < 4.78 is 5.04. The Bertz CT molecular complexity index is 718. The average molecular weight is 245 g/mol. The van der Waals surface area contributed by atoms with Crippen LogP contribution < -0.4 is 0 Å². The predicted octanol–water partition coefficient (Wildman–Crippen LogP) is 3.74. The molecule has 0 saturated heterocycles. The van der Waals surface area contributed by atoms with E-state index in [0.717, 1.165) is 22.4 Å². The summed E-state index contributed by atoms with van der Waals surface area (Å²) >= 11 is 0. The Hall–Kier alpha value is -2.79. The average Bonchev–Trinajstić information content (AvgIpc) is 2.95. The second kappa shape index (κ2) is 5.24. The highest BCUT2D eigenvalue weighted by molar-refractivity contribution is 5.66. The van der Waals surface area contributed by atoms with E-state index >= 15 is 0 Å². The van der Waals surface area contributed by atoms with Crippen molar-refractivity contribution in [2.75, 3.05) is 0 Å². The molecule has 0 saturated carbocycles. The second-order valence-electron chi connectivity index (χ2n) is 4.06. The van der Waals surface area contributed by atoms with Gasteiger partial charge in [0, 0.05) is 11.1 Å².